The van der Waals surface area contributed by atoms with Gasteiger partial charge in [0.25, 0.3) is 0 Å². The van der Waals surface area contributed by atoms with Gasteiger partial charge in [-0.05, 0) is 38.3 Å². The van der Waals surface area contributed by atoms with Crippen molar-refractivity contribution in [3.05, 3.63) is 16.5 Å². The Bertz CT molecular complexity index is 838. The van der Waals surface area contributed by atoms with Crippen LogP contribution in [0.3, 0.4) is 0 Å². The number of rotatable bonds is 4. The molecule has 2 aliphatic heterocycles. The zero-order valence-corrected chi connectivity index (χ0v) is 18.6. The number of nitrogens with zero attached hydrogens (tertiary/aromatic N) is 3. The SMILES string of the molecule is Cc1cc(C)c(S(=O)N2CCOC[C@@H]2C2(OC(=O)N3CCN(C)C(=O)C3)CC2)s1. The molecule has 4 rings (SSSR count). The molecule has 1 unspecified atom stereocenters. The van der Waals surface area contributed by atoms with Gasteiger partial charge in [0.1, 0.15) is 27.3 Å². The topological polar surface area (TPSA) is 79.4 Å². The molecular weight excluding hydrogens is 414 g/mol. The maximum Gasteiger partial charge on any atom is 0.410 e. The van der Waals surface area contributed by atoms with Gasteiger partial charge in [0.05, 0.1) is 19.3 Å². The molecule has 2 amide bonds. The molecule has 1 saturated carbocycles. The summed E-state index contributed by atoms with van der Waals surface area (Å²) in [5.74, 6) is -0.0923. The molecule has 0 N–H and O–H groups in total. The minimum atomic E-state index is -1.32. The molecule has 3 heterocycles. The van der Waals surface area contributed by atoms with Gasteiger partial charge in [-0.1, -0.05) is 0 Å². The summed E-state index contributed by atoms with van der Waals surface area (Å²) >= 11 is 1.55. The van der Waals surface area contributed by atoms with Crippen molar-refractivity contribution in [1.82, 2.24) is 14.1 Å². The number of hydrogen-bond acceptors (Lipinski definition) is 6. The fraction of sp³-hybridized carbons (Fsp3) is 0.684. The van der Waals surface area contributed by atoms with Gasteiger partial charge in [0, 0.05) is 31.6 Å². The zero-order valence-electron chi connectivity index (χ0n) is 17.0. The minimum absolute atomic E-state index is 0.0376. The summed E-state index contributed by atoms with van der Waals surface area (Å²) < 4.78 is 27.8. The maximum absolute atomic E-state index is 13.4. The third-order valence-corrected chi connectivity index (χ3v) is 8.93. The average molecular weight is 442 g/mol. The fourth-order valence-electron chi connectivity index (χ4n) is 3.88. The molecule has 3 aliphatic rings. The smallest absolute Gasteiger partial charge is 0.410 e. The second-order valence-electron chi connectivity index (χ2n) is 7.98. The summed E-state index contributed by atoms with van der Waals surface area (Å²) in [4.78, 5) is 28.9. The van der Waals surface area contributed by atoms with E-state index in [9.17, 15) is 13.8 Å². The van der Waals surface area contributed by atoms with Gasteiger partial charge in [-0.2, -0.15) is 0 Å². The van der Waals surface area contributed by atoms with Crippen LogP contribution in [-0.2, 0) is 25.3 Å². The van der Waals surface area contributed by atoms with Crippen LogP contribution in [0.1, 0.15) is 23.3 Å². The molecule has 10 heteroatoms. The van der Waals surface area contributed by atoms with Crippen LogP contribution in [0.2, 0.25) is 0 Å². The molecule has 0 bridgehead atoms. The lowest BCUT2D eigenvalue weighted by Crippen LogP contribution is -2.57. The van der Waals surface area contributed by atoms with Crippen LogP contribution in [0.15, 0.2) is 10.3 Å². The van der Waals surface area contributed by atoms with Crippen LogP contribution in [0.4, 0.5) is 4.79 Å². The van der Waals surface area contributed by atoms with Crippen molar-refractivity contribution in [2.75, 3.05) is 46.4 Å². The first-order valence-electron chi connectivity index (χ1n) is 9.86. The molecule has 0 aromatic carbocycles. The summed E-state index contributed by atoms with van der Waals surface area (Å²) in [5.41, 5.74) is 0.327. The lowest BCUT2D eigenvalue weighted by Gasteiger charge is -2.40. The summed E-state index contributed by atoms with van der Waals surface area (Å²) in [5, 5.41) is 0. The van der Waals surface area contributed by atoms with Crippen molar-refractivity contribution < 1.29 is 23.3 Å². The van der Waals surface area contributed by atoms with Crippen molar-refractivity contribution in [2.45, 2.75) is 42.5 Å². The first-order valence-corrected chi connectivity index (χ1v) is 11.8. The number of thiophene rings is 1. The van der Waals surface area contributed by atoms with Gasteiger partial charge in [-0.3, -0.25) is 9.69 Å². The van der Waals surface area contributed by atoms with E-state index < -0.39 is 22.7 Å². The highest BCUT2D eigenvalue weighted by molar-refractivity contribution is 7.85. The van der Waals surface area contributed by atoms with Gasteiger partial charge >= 0.3 is 6.09 Å². The number of piperazine rings is 1. The second-order valence-corrected chi connectivity index (χ2v) is 10.9. The van der Waals surface area contributed by atoms with Crippen LogP contribution < -0.4 is 0 Å². The van der Waals surface area contributed by atoms with E-state index in [4.69, 9.17) is 9.47 Å². The molecule has 2 atom stereocenters. The normalized spacial score (nSPS) is 25.8. The molecular formula is C19H27N3O5S2. The number of aryl methyl sites for hydroxylation is 2. The number of carbonyl (C=O) groups excluding carboxylic acids is 2. The Morgan fingerprint density at radius 2 is 2.07 bits per heavy atom. The van der Waals surface area contributed by atoms with Crippen LogP contribution in [-0.4, -0.2) is 88.4 Å². The van der Waals surface area contributed by atoms with Crippen molar-refractivity contribution in [1.29, 1.82) is 0 Å². The Morgan fingerprint density at radius 1 is 1.31 bits per heavy atom. The first kappa shape index (κ1) is 20.8. The van der Waals surface area contributed by atoms with Crippen molar-refractivity contribution >= 4 is 34.3 Å². The van der Waals surface area contributed by atoms with Gasteiger partial charge in [-0.25, -0.2) is 13.3 Å². The standard InChI is InChI=1S/C19H27N3O5S2/c1-13-10-14(2)28-17(13)29(25)22-8-9-26-12-15(22)19(4-5-19)27-18(24)21-7-6-20(3)16(23)11-21/h10,15H,4-9,11-12H2,1-3H3/t15-,29?/m1/s1. The van der Waals surface area contributed by atoms with Crippen LogP contribution in [0, 0.1) is 13.8 Å². The molecule has 3 fully saturated rings. The van der Waals surface area contributed by atoms with Crippen LogP contribution in [0.5, 0.6) is 0 Å². The minimum Gasteiger partial charge on any atom is -0.441 e. The van der Waals surface area contributed by atoms with E-state index in [1.807, 2.05) is 24.2 Å². The van der Waals surface area contributed by atoms with Crippen LogP contribution >= 0.6 is 11.3 Å². The summed E-state index contributed by atoms with van der Waals surface area (Å²) in [6.07, 6.45) is 0.957. The van der Waals surface area contributed by atoms with Gasteiger partial charge in [0.15, 0.2) is 0 Å². The Balaban J connectivity index is 1.49. The predicted molar refractivity (Wildman–Crippen MR) is 109 cm³/mol. The fourth-order valence-corrected chi connectivity index (χ4v) is 6.87. The molecule has 29 heavy (non-hydrogen) atoms. The highest BCUT2D eigenvalue weighted by atomic mass is 32.2. The van der Waals surface area contributed by atoms with Gasteiger partial charge < -0.3 is 14.4 Å². The summed E-state index contributed by atoms with van der Waals surface area (Å²) in [6, 6.07) is 1.79. The van der Waals surface area contributed by atoms with E-state index in [1.165, 1.54) is 4.90 Å². The van der Waals surface area contributed by atoms with Crippen molar-refractivity contribution in [3.8, 4) is 0 Å². The van der Waals surface area contributed by atoms with E-state index in [1.54, 1.807) is 23.3 Å². The van der Waals surface area contributed by atoms with Crippen molar-refractivity contribution in [3.63, 3.8) is 0 Å². The van der Waals surface area contributed by atoms with Crippen LogP contribution in [0.25, 0.3) is 0 Å². The van der Waals surface area contributed by atoms with E-state index in [-0.39, 0.29) is 18.5 Å². The lowest BCUT2D eigenvalue weighted by molar-refractivity contribution is -0.134. The lowest BCUT2D eigenvalue weighted by atomic mass is 10.1. The third-order valence-electron chi connectivity index (χ3n) is 5.80. The summed E-state index contributed by atoms with van der Waals surface area (Å²) in [6.45, 7) is 6.39. The van der Waals surface area contributed by atoms with Gasteiger partial charge in [0.2, 0.25) is 5.91 Å². The Kier molecular flexibility index (Phi) is 5.71. The zero-order chi connectivity index (χ0) is 20.8. The molecule has 160 valence electrons. The highest BCUT2D eigenvalue weighted by Gasteiger charge is 2.58. The van der Waals surface area contributed by atoms with E-state index in [0.29, 0.717) is 45.7 Å². The molecule has 2 saturated heterocycles. The maximum atomic E-state index is 13.4. The predicted octanol–water partition coefficient (Wildman–Crippen LogP) is 1.53. The number of likely N-dealkylation sites (N-methyl/N-ethyl adjacent to an activating group) is 1. The van der Waals surface area contributed by atoms with E-state index in [0.717, 1.165) is 14.6 Å². The van der Waals surface area contributed by atoms with Gasteiger partial charge in [-0.15, -0.1) is 11.3 Å². The first-order chi connectivity index (χ1) is 13.8. The molecule has 8 nitrogen and oxygen atoms in total. The molecule has 0 radical (unpaired) electrons. The monoisotopic (exact) mass is 441 g/mol. The highest BCUT2D eigenvalue weighted by Crippen LogP contribution is 2.47. The van der Waals surface area contributed by atoms with E-state index in [2.05, 4.69) is 0 Å². The third kappa shape index (κ3) is 4.08. The number of amides is 2. The number of morpholine rings is 1. The second kappa shape index (κ2) is 7.98. The summed E-state index contributed by atoms with van der Waals surface area (Å²) in [7, 11) is 0.409. The van der Waals surface area contributed by atoms with E-state index >= 15 is 0 Å². The Hall–Kier alpha value is -1.49. The number of hydrogen-bond donors (Lipinski definition) is 0. The number of carbonyl (C=O) groups is 2. The molecule has 0 spiro atoms. The quantitative estimate of drug-likeness (QED) is 0.708. The molecule has 1 aromatic rings. The number of ether oxygens (including phenoxy) is 2. The average Bonchev–Trinajstić information content (AvgIpc) is 3.39. The molecule has 1 aromatic heterocycles. The Morgan fingerprint density at radius 3 is 2.69 bits per heavy atom. The Labute approximate surface area is 177 Å². The molecule has 1 aliphatic carbocycles. The van der Waals surface area contributed by atoms with Crippen molar-refractivity contribution in [2.24, 2.45) is 0 Å². The largest absolute Gasteiger partial charge is 0.441 e.